The molecule has 2 aliphatic heterocycles. The van der Waals surface area contributed by atoms with Crippen molar-refractivity contribution >= 4 is 10.2 Å². The summed E-state index contributed by atoms with van der Waals surface area (Å²) in [5, 5.41) is 3.19. The molecule has 0 spiro atoms. The number of piperazine rings is 2. The molecule has 0 aromatic heterocycles. The highest BCUT2D eigenvalue weighted by molar-refractivity contribution is 7.86. The van der Waals surface area contributed by atoms with Crippen LogP contribution >= 0.6 is 0 Å². The molecule has 2 saturated heterocycles. The lowest BCUT2D eigenvalue weighted by molar-refractivity contribution is 0.172. The Morgan fingerprint density at radius 2 is 1.39 bits per heavy atom. The zero-order valence-electron chi connectivity index (χ0n) is 10.7. The largest absolute Gasteiger partial charge is 0.314 e. The molecule has 0 amide bonds. The van der Waals surface area contributed by atoms with Crippen molar-refractivity contribution in [1.29, 1.82) is 0 Å². The normalized spacial score (nSPS) is 29.6. The Morgan fingerprint density at radius 3 is 1.94 bits per heavy atom. The second-order valence-electron chi connectivity index (χ2n) is 5.32. The standard InChI is InChI=1S/C11H22N4O2S/c16-18(17,14-5-3-12-4-6-14)15-9-7-13(8-10-15)11-1-2-11/h11-12H,1-10H2. The van der Waals surface area contributed by atoms with E-state index < -0.39 is 10.2 Å². The van der Waals surface area contributed by atoms with Crippen molar-refractivity contribution in [3.05, 3.63) is 0 Å². The van der Waals surface area contributed by atoms with Crippen LogP contribution in [0.3, 0.4) is 0 Å². The number of nitrogens with zero attached hydrogens (tertiary/aromatic N) is 3. The maximum Gasteiger partial charge on any atom is 0.282 e. The lowest BCUT2D eigenvalue weighted by Crippen LogP contribution is -2.56. The molecule has 18 heavy (non-hydrogen) atoms. The molecule has 0 unspecified atom stereocenters. The summed E-state index contributed by atoms with van der Waals surface area (Å²) in [6.07, 6.45) is 2.59. The van der Waals surface area contributed by atoms with Crippen molar-refractivity contribution in [3.8, 4) is 0 Å². The molecule has 2 heterocycles. The van der Waals surface area contributed by atoms with Crippen LogP contribution in [0.4, 0.5) is 0 Å². The zero-order chi connectivity index (χ0) is 12.6. The van der Waals surface area contributed by atoms with Crippen molar-refractivity contribution in [1.82, 2.24) is 18.8 Å². The summed E-state index contributed by atoms with van der Waals surface area (Å²) >= 11 is 0. The van der Waals surface area contributed by atoms with Crippen molar-refractivity contribution in [2.45, 2.75) is 18.9 Å². The third-order valence-corrected chi connectivity index (χ3v) is 6.10. The molecule has 6 nitrogen and oxygen atoms in total. The van der Waals surface area contributed by atoms with E-state index >= 15 is 0 Å². The maximum absolute atomic E-state index is 12.4. The van der Waals surface area contributed by atoms with Crippen LogP contribution in [0.5, 0.6) is 0 Å². The molecule has 0 aromatic carbocycles. The van der Waals surface area contributed by atoms with Gasteiger partial charge in [0.1, 0.15) is 0 Å². The fraction of sp³-hybridized carbons (Fsp3) is 1.00. The summed E-state index contributed by atoms with van der Waals surface area (Å²) in [6, 6.07) is 0.744. The highest BCUT2D eigenvalue weighted by atomic mass is 32.2. The van der Waals surface area contributed by atoms with E-state index in [4.69, 9.17) is 0 Å². The minimum Gasteiger partial charge on any atom is -0.314 e. The fourth-order valence-electron chi connectivity index (χ4n) is 2.78. The van der Waals surface area contributed by atoms with Gasteiger partial charge in [-0.05, 0) is 12.8 Å². The molecule has 3 aliphatic rings. The monoisotopic (exact) mass is 274 g/mol. The molecule has 104 valence electrons. The molecular formula is C11H22N4O2S. The first-order chi connectivity index (χ1) is 8.68. The average Bonchev–Trinajstić information content (AvgIpc) is 3.24. The third kappa shape index (κ3) is 2.55. The van der Waals surface area contributed by atoms with Gasteiger partial charge >= 0.3 is 0 Å². The zero-order valence-corrected chi connectivity index (χ0v) is 11.5. The molecule has 1 saturated carbocycles. The molecule has 7 heteroatoms. The summed E-state index contributed by atoms with van der Waals surface area (Å²) < 4.78 is 28.2. The molecule has 0 atom stereocenters. The van der Waals surface area contributed by atoms with Crippen LogP contribution in [0.1, 0.15) is 12.8 Å². The molecule has 1 aliphatic carbocycles. The van der Waals surface area contributed by atoms with Crippen LogP contribution in [0.25, 0.3) is 0 Å². The Hall–Kier alpha value is -0.210. The quantitative estimate of drug-likeness (QED) is 0.711. The number of hydrogen-bond acceptors (Lipinski definition) is 4. The molecule has 0 radical (unpaired) electrons. The van der Waals surface area contributed by atoms with E-state index in [2.05, 4.69) is 10.2 Å². The highest BCUT2D eigenvalue weighted by Gasteiger charge is 2.36. The minimum atomic E-state index is -3.21. The van der Waals surface area contributed by atoms with E-state index in [1.54, 1.807) is 8.61 Å². The van der Waals surface area contributed by atoms with Crippen molar-refractivity contribution in [2.75, 3.05) is 52.4 Å². The summed E-state index contributed by atoms with van der Waals surface area (Å²) in [7, 11) is -3.21. The van der Waals surface area contributed by atoms with E-state index in [9.17, 15) is 8.42 Å². The van der Waals surface area contributed by atoms with Crippen LogP contribution in [0.2, 0.25) is 0 Å². The molecule has 0 bridgehead atoms. The second-order valence-corrected chi connectivity index (χ2v) is 7.25. The van der Waals surface area contributed by atoms with E-state index in [-0.39, 0.29) is 0 Å². The molecule has 0 aromatic rings. The molecular weight excluding hydrogens is 252 g/mol. The van der Waals surface area contributed by atoms with Crippen LogP contribution in [-0.2, 0) is 10.2 Å². The summed E-state index contributed by atoms with van der Waals surface area (Å²) in [5.74, 6) is 0. The first-order valence-corrected chi connectivity index (χ1v) is 8.27. The van der Waals surface area contributed by atoms with Crippen molar-refractivity contribution < 1.29 is 8.42 Å². The Balaban J connectivity index is 1.59. The average molecular weight is 274 g/mol. The van der Waals surface area contributed by atoms with Gasteiger partial charge in [-0.2, -0.15) is 17.0 Å². The lowest BCUT2D eigenvalue weighted by Gasteiger charge is -2.37. The van der Waals surface area contributed by atoms with Crippen molar-refractivity contribution in [2.24, 2.45) is 0 Å². The highest BCUT2D eigenvalue weighted by Crippen LogP contribution is 2.28. The van der Waals surface area contributed by atoms with Crippen LogP contribution in [0.15, 0.2) is 0 Å². The van der Waals surface area contributed by atoms with Crippen LogP contribution in [0, 0.1) is 0 Å². The van der Waals surface area contributed by atoms with Crippen LogP contribution in [-0.4, -0.2) is 80.3 Å². The summed E-state index contributed by atoms with van der Waals surface area (Å²) in [6.45, 7) is 5.84. The Labute approximate surface area is 109 Å². The van der Waals surface area contributed by atoms with Gasteiger partial charge in [-0.1, -0.05) is 0 Å². The van der Waals surface area contributed by atoms with Gasteiger partial charge in [0.25, 0.3) is 10.2 Å². The number of nitrogens with one attached hydrogen (secondary N) is 1. The van der Waals surface area contributed by atoms with Crippen LogP contribution < -0.4 is 5.32 Å². The molecule has 3 fully saturated rings. The van der Waals surface area contributed by atoms with E-state index in [0.29, 0.717) is 26.2 Å². The second kappa shape index (κ2) is 5.05. The number of hydrogen-bond donors (Lipinski definition) is 1. The van der Waals surface area contributed by atoms with Gasteiger partial charge in [0.2, 0.25) is 0 Å². The van der Waals surface area contributed by atoms with Gasteiger partial charge in [-0.25, -0.2) is 0 Å². The third-order valence-electron chi connectivity index (χ3n) is 4.07. The summed E-state index contributed by atoms with van der Waals surface area (Å²) in [5.41, 5.74) is 0. The van der Waals surface area contributed by atoms with E-state index in [0.717, 1.165) is 32.2 Å². The minimum absolute atomic E-state index is 0.602. The topological polar surface area (TPSA) is 55.9 Å². The van der Waals surface area contributed by atoms with Gasteiger partial charge in [0.05, 0.1) is 0 Å². The Kier molecular flexibility index (Phi) is 3.59. The Morgan fingerprint density at radius 1 is 0.833 bits per heavy atom. The van der Waals surface area contributed by atoms with Gasteiger partial charge in [0, 0.05) is 58.4 Å². The van der Waals surface area contributed by atoms with Gasteiger partial charge in [0.15, 0.2) is 0 Å². The predicted octanol–water partition coefficient (Wildman–Crippen LogP) is -1.08. The first-order valence-electron chi connectivity index (χ1n) is 6.88. The van der Waals surface area contributed by atoms with E-state index in [1.807, 2.05) is 0 Å². The van der Waals surface area contributed by atoms with Gasteiger partial charge < -0.3 is 5.32 Å². The maximum atomic E-state index is 12.4. The number of rotatable bonds is 3. The SMILES string of the molecule is O=S(=O)(N1CCNCC1)N1CCN(C2CC2)CC1. The smallest absolute Gasteiger partial charge is 0.282 e. The fourth-order valence-corrected chi connectivity index (χ4v) is 4.37. The molecule has 1 N–H and O–H groups in total. The lowest BCUT2D eigenvalue weighted by atomic mass is 10.3. The predicted molar refractivity (Wildman–Crippen MR) is 69.5 cm³/mol. The van der Waals surface area contributed by atoms with Crippen molar-refractivity contribution in [3.63, 3.8) is 0 Å². The van der Waals surface area contributed by atoms with E-state index in [1.165, 1.54) is 12.8 Å². The Bertz CT molecular complexity index is 382. The van der Waals surface area contributed by atoms with Gasteiger partial charge in [-0.3, -0.25) is 4.90 Å². The van der Waals surface area contributed by atoms with Gasteiger partial charge in [-0.15, -0.1) is 0 Å². The summed E-state index contributed by atoms with van der Waals surface area (Å²) in [4.78, 5) is 2.43. The molecule has 3 rings (SSSR count). The first kappa shape index (κ1) is 12.8.